The molecule has 0 saturated carbocycles. The van der Waals surface area contributed by atoms with E-state index in [1.165, 1.54) is 32.1 Å². The molecule has 2 fully saturated rings. The highest BCUT2D eigenvalue weighted by Gasteiger charge is 2.19. The molecule has 0 amide bonds. The molecule has 2 saturated heterocycles. The van der Waals surface area contributed by atoms with E-state index in [4.69, 9.17) is 9.84 Å². The van der Waals surface area contributed by atoms with Gasteiger partial charge in [-0.3, -0.25) is 0 Å². The summed E-state index contributed by atoms with van der Waals surface area (Å²) in [6, 6.07) is 0. The summed E-state index contributed by atoms with van der Waals surface area (Å²) in [7, 11) is 0. The highest BCUT2D eigenvalue weighted by atomic mass is 16.5. The lowest BCUT2D eigenvalue weighted by molar-refractivity contribution is 0.0160. The molecule has 2 aliphatic rings. The van der Waals surface area contributed by atoms with E-state index in [2.05, 4.69) is 10.2 Å². The zero-order valence-corrected chi connectivity index (χ0v) is 11.4. The summed E-state index contributed by atoms with van der Waals surface area (Å²) in [6.07, 6.45) is 6.76. The summed E-state index contributed by atoms with van der Waals surface area (Å²) < 4.78 is 5.72. The van der Waals surface area contributed by atoms with Gasteiger partial charge in [0, 0.05) is 19.7 Å². The first kappa shape index (κ1) is 14.3. The number of aliphatic hydroxyl groups is 1. The summed E-state index contributed by atoms with van der Waals surface area (Å²) in [4.78, 5) is 2.36. The van der Waals surface area contributed by atoms with Crippen molar-refractivity contribution in [3.8, 4) is 0 Å². The van der Waals surface area contributed by atoms with Gasteiger partial charge in [-0.1, -0.05) is 0 Å². The Balaban J connectivity index is 1.52. The fraction of sp³-hybridized carbons (Fsp3) is 1.00. The molecule has 0 aromatic rings. The van der Waals surface area contributed by atoms with Crippen LogP contribution in [0.3, 0.4) is 0 Å². The third-order valence-corrected chi connectivity index (χ3v) is 4.20. The van der Waals surface area contributed by atoms with Crippen LogP contribution in [0.2, 0.25) is 0 Å². The Morgan fingerprint density at radius 1 is 1.11 bits per heavy atom. The maximum Gasteiger partial charge on any atom is 0.0699 e. The van der Waals surface area contributed by atoms with E-state index >= 15 is 0 Å². The van der Waals surface area contributed by atoms with Gasteiger partial charge >= 0.3 is 0 Å². The first-order chi connectivity index (χ1) is 8.88. The third-order valence-electron chi connectivity index (χ3n) is 4.20. The van der Waals surface area contributed by atoms with Gasteiger partial charge < -0.3 is 20.1 Å². The fourth-order valence-corrected chi connectivity index (χ4v) is 2.97. The molecule has 2 heterocycles. The van der Waals surface area contributed by atoms with Gasteiger partial charge in [-0.05, 0) is 57.7 Å². The van der Waals surface area contributed by atoms with Gasteiger partial charge in [0.05, 0.1) is 12.7 Å². The van der Waals surface area contributed by atoms with Crippen LogP contribution in [0.4, 0.5) is 0 Å². The van der Waals surface area contributed by atoms with Gasteiger partial charge in [-0.15, -0.1) is 0 Å². The van der Waals surface area contributed by atoms with Gasteiger partial charge in [-0.2, -0.15) is 0 Å². The van der Waals surface area contributed by atoms with E-state index in [-0.39, 0.29) is 0 Å². The molecule has 0 unspecified atom stereocenters. The van der Waals surface area contributed by atoms with Crippen molar-refractivity contribution < 1.29 is 9.84 Å². The molecule has 0 spiro atoms. The summed E-state index contributed by atoms with van der Waals surface area (Å²) in [5, 5.41) is 12.5. The standard InChI is InChI=1S/C14H28N2O2/c17-9-8-16-6-4-13(5-7-16)11-15-12-14-3-1-2-10-18-14/h13-15,17H,1-12H2/t14-/m0/s1. The predicted octanol–water partition coefficient (Wildman–Crippen LogP) is 0.849. The minimum absolute atomic E-state index is 0.294. The Kier molecular flexibility index (Phi) is 6.41. The number of hydrogen-bond donors (Lipinski definition) is 2. The number of nitrogens with one attached hydrogen (secondary N) is 1. The number of β-amino-alcohol motifs (C(OH)–C–C–N with tert-alkyl or cyclic N) is 1. The lowest BCUT2D eigenvalue weighted by Gasteiger charge is -2.32. The second kappa shape index (κ2) is 8.10. The smallest absolute Gasteiger partial charge is 0.0699 e. The van der Waals surface area contributed by atoms with E-state index in [0.29, 0.717) is 12.7 Å². The van der Waals surface area contributed by atoms with Crippen LogP contribution in [-0.4, -0.2) is 62.0 Å². The first-order valence-corrected chi connectivity index (χ1v) is 7.54. The van der Waals surface area contributed by atoms with Crippen molar-refractivity contribution >= 4 is 0 Å². The molecule has 0 aromatic carbocycles. The van der Waals surface area contributed by atoms with E-state index < -0.39 is 0 Å². The molecule has 0 radical (unpaired) electrons. The van der Waals surface area contributed by atoms with Gasteiger partial charge in [0.15, 0.2) is 0 Å². The second-order valence-electron chi connectivity index (χ2n) is 5.66. The molecule has 2 aliphatic heterocycles. The van der Waals surface area contributed by atoms with Crippen LogP contribution in [0, 0.1) is 5.92 Å². The normalized spacial score (nSPS) is 27.5. The number of piperidine rings is 1. The highest BCUT2D eigenvalue weighted by molar-refractivity contribution is 4.75. The molecule has 0 aromatic heterocycles. The molecule has 0 bridgehead atoms. The molecule has 4 nitrogen and oxygen atoms in total. The van der Waals surface area contributed by atoms with Crippen molar-refractivity contribution in [1.82, 2.24) is 10.2 Å². The highest BCUT2D eigenvalue weighted by Crippen LogP contribution is 2.16. The van der Waals surface area contributed by atoms with E-state index in [1.807, 2.05) is 0 Å². The first-order valence-electron chi connectivity index (χ1n) is 7.54. The minimum atomic E-state index is 0.294. The molecule has 106 valence electrons. The molecule has 2 N–H and O–H groups in total. The molecule has 2 rings (SSSR count). The third kappa shape index (κ3) is 4.84. The number of aliphatic hydroxyl groups excluding tert-OH is 1. The summed E-state index contributed by atoms with van der Waals surface area (Å²) in [5.41, 5.74) is 0. The van der Waals surface area contributed by atoms with E-state index in [9.17, 15) is 0 Å². The Morgan fingerprint density at radius 3 is 2.61 bits per heavy atom. The zero-order valence-electron chi connectivity index (χ0n) is 11.4. The van der Waals surface area contributed by atoms with Gasteiger partial charge in [0.25, 0.3) is 0 Å². The maximum absolute atomic E-state index is 8.90. The van der Waals surface area contributed by atoms with Gasteiger partial charge in [0.1, 0.15) is 0 Å². The fourth-order valence-electron chi connectivity index (χ4n) is 2.97. The van der Waals surface area contributed by atoms with E-state index in [1.54, 1.807) is 0 Å². The Hall–Kier alpha value is -0.160. The van der Waals surface area contributed by atoms with Crippen molar-refractivity contribution in [2.24, 2.45) is 5.92 Å². The summed E-state index contributed by atoms with van der Waals surface area (Å²) >= 11 is 0. The number of likely N-dealkylation sites (tertiary alicyclic amines) is 1. The summed E-state index contributed by atoms with van der Waals surface area (Å²) in [5.74, 6) is 0.809. The Labute approximate surface area is 111 Å². The van der Waals surface area contributed by atoms with Crippen LogP contribution >= 0.6 is 0 Å². The molecule has 0 aliphatic carbocycles. The number of hydrogen-bond acceptors (Lipinski definition) is 4. The van der Waals surface area contributed by atoms with Gasteiger partial charge in [-0.25, -0.2) is 0 Å². The number of nitrogens with zero attached hydrogens (tertiary/aromatic N) is 1. The topological polar surface area (TPSA) is 44.7 Å². The quantitative estimate of drug-likeness (QED) is 0.739. The summed E-state index contributed by atoms with van der Waals surface area (Å²) in [6.45, 7) is 6.53. The SMILES string of the molecule is OCCN1CCC(CNC[C@@H]2CCCCO2)CC1. The molecular weight excluding hydrogens is 228 g/mol. The lowest BCUT2D eigenvalue weighted by Crippen LogP contribution is -2.40. The maximum atomic E-state index is 8.90. The van der Waals surface area contributed by atoms with Crippen molar-refractivity contribution in [2.75, 3.05) is 45.9 Å². The molecule has 4 heteroatoms. The van der Waals surface area contributed by atoms with Crippen LogP contribution in [0.25, 0.3) is 0 Å². The molecule has 1 atom stereocenters. The van der Waals surface area contributed by atoms with Crippen LogP contribution in [0.5, 0.6) is 0 Å². The molecular formula is C14H28N2O2. The van der Waals surface area contributed by atoms with Crippen molar-refractivity contribution in [1.29, 1.82) is 0 Å². The molecule has 18 heavy (non-hydrogen) atoms. The van der Waals surface area contributed by atoms with Crippen LogP contribution in [0.15, 0.2) is 0 Å². The largest absolute Gasteiger partial charge is 0.395 e. The van der Waals surface area contributed by atoms with Crippen LogP contribution in [0.1, 0.15) is 32.1 Å². The minimum Gasteiger partial charge on any atom is -0.395 e. The van der Waals surface area contributed by atoms with Gasteiger partial charge in [0.2, 0.25) is 0 Å². The van der Waals surface area contributed by atoms with Crippen LogP contribution in [-0.2, 0) is 4.74 Å². The Bertz CT molecular complexity index is 212. The Morgan fingerprint density at radius 2 is 1.94 bits per heavy atom. The predicted molar refractivity (Wildman–Crippen MR) is 72.7 cm³/mol. The lowest BCUT2D eigenvalue weighted by atomic mass is 9.96. The average Bonchev–Trinajstić information content (AvgIpc) is 2.42. The van der Waals surface area contributed by atoms with Crippen molar-refractivity contribution in [3.63, 3.8) is 0 Å². The number of rotatable bonds is 6. The van der Waals surface area contributed by atoms with Crippen molar-refractivity contribution in [2.45, 2.75) is 38.2 Å². The zero-order chi connectivity index (χ0) is 12.6. The van der Waals surface area contributed by atoms with E-state index in [0.717, 1.165) is 45.2 Å². The monoisotopic (exact) mass is 256 g/mol. The van der Waals surface area contributed by atoms with Crippen molar-refractivity contribution in [3.05, 3.63) is 0 Å². The van der Waals surface area contributed by atoms with Crippen LogP contribution < -0.4 is 5.32 Å². The number of ether oxygens (including phenoxy) is 1. The average molecular weight is 256 g/mol. The second-order valence-corrected chi connectivity index (χ2v) is 5.66.